The zero-order valence-electron chi connectivity index (χ0n) is 11.9. The number of benzene rings is 1. The highest BCUT2D eigenvalue weighted by atomic mass is 16.3. The molecule has 98 valence electrons. The Balaban J connectivity index is 2.45. The first-order valence-corrected chi connectivity index (χ1v) is 6.35. The van der Waals surface area contributed by atoms with E-state index < -0.39 is 5.60 Å². The normalized spacial score (nSPS) is 15.9. The molecule has 3 nitrogen and oxygen atoms in total. The molecular formula is C15H22N2O. The second-order valence-electron chi connectivity index (χ2n) is 6.29. The first-order chi connectivity index (χ1) is 8.22. The van der Waals surface area contributed by atoms with Crippen molar-refractivity contribution in [2.24, 2.45) is 12.5 Å². The van der Waals surface area contributed by atoms with Crippen LogP contribution in [0, 0.1) is 5.41 Å². The maximum Gasteiger partial charge on any atom is 0.0731 e. The number of aromatic nitrogens is 2. The fraction of sp³-hybridized carbons (Fsp3) is 0.533. The molecular weight excluding hydrogens is 224 g/mol. The predicted molar refractivity (Wildman–Crippen MR) is 74.5 cm³/mol. The van der Waals surface area contributed by atoms with Crippen LogP contribution in [-0.2, 0) is 13.5 Å². The number of fused-ring (bicyclic) bond motifs is 1. The Morgan fingerprint density at radius 3 is 2.39 bits per heavy atom. The third-order valence-electron chi connectivity index (χ3n) is 3.96. The molecule has 1 N–H and O–H groups in total. The molecule has 1 atom stereocenters. The summed E-state index contributed by atoms with van der Waals surface area (Å²) in [5.74, 6) is 0. The van der Waals surface area contributed by atoms with Crippen LogP contribution in [0.25, 0.3) is 10.9 Å². The highest BCUT2D eigenvalue weighted by Gasteiger charge is 2.36. The Labute approximate surface area is 108 Å². The molecule has 0 saturated heterocycles. The first-order valence-electron chi connectivity index (χ1n) is 6.35. The summed E-state index contributed by atoms with van der Waals surface area (Å²) in [7, 11) is 1.94. The van der Waals surface area contributed by atoms with Gasteiger partial charge in [-0.2, -0.15) is 5.10 Å². The monoisotopic (exact) mass is 246 g/mol. The zero-order valence-corrected chi connectivity index (χ0v) is 11.9. The molecule has 0 spiro atoms. The van der Waals surface area contributed by atoms with Crippen LogP contribution in [0.15, 0.2) is 24.3 Å². The zero-order chi connectivity index (χ0) is 13.6. The van der Waals surface area contributed by atoms with Crippen LogP contribution in [0.2, 0.25) is 0 Å². The van der Waals surface area contributed by atoms with Gasteiger partial charge in [-0.05, 0) is 18.4 Å². The van der Waals surface area contributed by atoms with Gasteiger partial charge in [0.2, 0.25) is 0 Å². The van der Waals surface area contributed by atoms with Gasteiger partial charge in [0.1, 0.15) is 0 Å². The van der Waals surface area contributed by atoms with E-state index in [4.69, 9.17) is 0 Å². The third kappa shape index (κ3) is 2.15. The Morgan fingerprint density at radius 2 is 1.78 bits per heavy atom. The molecule has 0 amide bonds. The minimum atomic E-state index is -0.774. The van der Waals surface area contributed by atoms with Gasteiger partial charge in [0, 0.05) is 18.9 Å². The van der Waals surface area contributed by atoms with E-state index in [1.54, 1.807) is 0 Å². The molecule has 0 aliphatic carbocycles. The van der Waals surface area contributed by atoms with Crippen molar-refractivity contribution < 1.29 is 5.11 Å². The van der Waals surface area contributed by atoms with Gasteiger partial charge < -0.3 is 5.11 Å². The molecule has 2 rings (SSSR count). The Hall–Kier alpha value is -1.35. The summed E-state index contributed by atoms with van der Waals surface area (Å²) in [5, 5.41) is 16.3. The lowest BCUT2D eigenvalue weighted by atomic mass is 9.75. The number of aryl methyl sites for hydroxylation is 1. The van der Waals surface area contributed by atoms with Gasteiger partial charge >= 0.3 is 0 Å². The summed E-state index contributed by atoms with van der Waals surface area (Å²) in [5.41, 5.74) is 1.13. The summed E-state index contributed by atoms with van der Waals surface area (Å²) in [6, 6.07) is 8.14. The van der Waals surface area contributed by atoms with Crippen molar-refractivity contribution in [3.05, 3.63) is 30.0 Å². The quantitative estimate of drug-likeness (QED) is 0.884. The number of aliphatic hydroxyl groups is 1. The van der Waals surface area contributed by atoms with Crippen LogP contribution < -0.4 is 0 Å². The number of para-hydroxylation sites is 1. The number of hydrogen-bond acceptors (Lipinski definition) is 2. The van der Waals surface area contributed by atoms with Crippen LogP contribution in [0.1, 0.15) is 33.4 Å². The van der Waals surface area contributed by atoms with Crippen molar-refractivity contribution in [2.75, 3.05) is 0 Å². The number of hydrogen-bond donors (Lipinski definition) is 1. The molecule has 2 aromatic rings. The average molecular weight is 246 g/mol. The van der Waals surface area contributed by atoms with E-state index in [1.807, 2.05) is 30.8 Å². The van der Waals surface area contributed by atoms with E-state index in [9.17, 15) is 5.11 Å². The molecule has 0 fully saturated rings. The van der Waals surface area contributed by atoms with Crippen molar-refractivity contribution in [3.8, 4) is 0 Å². The molecule has 0 aliphatic heterocycles. The summed E-state index contributed by atoms with van der Waals surface area (Å²) >= 11 is 0. The largest absolute Gasteiger partial charge is 0.389 e. The molecule has 3 heteroatoms. The fourth-order valence-corrected chi connectivity index (χ4v) is 2.01. The molecule has 18 heavy (non-hydrogen) atoms. The van der Waals surface area contributed by atoms with E-state index in [2.05, 4.69) is 38.0 Å². The Morgan fingerprint density at radius 1 is 1.17 bits per heavy atom. The number of rotatable bonds is 2. The lowest BCUT2D eigenvalue weighted by Crippen LogP contribution is -2.41. The van der Waals surface area contributed by atoms with Crippen LogP contribution >= 0.6 is 0 Å². The van der Waals surface area contributed by atoms with Crippen molar-refractivity contribution in [2.45, 2.75) is 39.7 Å². The molecule has 1 unspecified atom stereocenters. The molecule has 0 bridgehead atoms. The SMILES string of the molecule is Cn1nc(CC(C)(O)C(C)(C)C)c2ccccc21. The van der Waals surface area contributed by atoms with Gasteiger partial charge in [0.25, 0.3) is 0 Å². The Kier molecular flexibility index (Phi) is 2.98. The fourth-order valence-electron chi connectivity index (χ4n) is 2.01. The molecule has 1 heterocycles. The topological polar surface area (TPSA) is 38.0 Å². The second-order valence-corrected chi connectivity index (χ2v) is 6.29. The van der Waals surface area contributed by atoms with Crippen molar-refractivity contribution in [1.29, 1.82) is 0 Å². The van der Waals surface area contributed by atoms with E-state index in [0.29, 0.717) is 6.42 Å². The average Bonchev–Trinajstić information content (AvgIpc) is 2.55. The first kappa shape index (κ1) is 13.1. The standard InChI is InChI=1S/C15H22N2O/c1-14(2,3)15(4,18)10-12-11-8-6-7-9-13(11)17(5)16-12/h6-9,18H,10H2,1-5H3. The van der Waals surface area contributed by atoms with Crippen LogP contribution in [0.3, 0.4) is 0 Å². The lowest BCUT2D eigenvalue weighted by molar-refractivity contribution is -0.0411. The van der Waals surface area contributed by atoms with E-state index in [-0.39, 0.29) is 5.41 Å². The van der Waals surface area contributed by atoms with Crippen LogP contribution in [-0.4, -0.2) is 20.5 Å². The van der Waals surface area contributed by atoms with Gasteiger partial charge in [-0.25, -0.2) is 0 Å². The third-order valence-corrected chi connectivity index (χ3v) is 3.96. The maximum atomic E-state index is 10.6. The Bertz CT molecular complexity index is 561. The van der Waals surface area contributed by atoms with E-state index in [1.165, 1.54) is 0 Å². The molecule has 0 aliphatic rings. The summed E-state index contributed by atoms with van der Waals surface area (Å²) in [4.78, 5) is 0. The van der Waals surface area contributed by atoms with E-state index >= 15 is 0 Å². The smallest absolute Gasteiger partial charge is 0.0731 e. The lowest BCUT2D eigenvalue weighted by Gasteiger charge is -2.36. The summed E-state index contributed by atoms with van der Waals surface area (Å²) < 4.78 is 1.88. The predicted octanol–water partition coefficient (Wildman–Crippen LogP) is 2.91. The highest BCUT2D eigenvalue weighted by molar-refractivity contribution is 5.81. The van der Waals surface area contributed by atoms with Crippen molar-refractivity contribution >= 4 is 10.9 Å². The van der Waals surface area contributed by atoms with Gasteiger partial charge in [0.05, 0.1) is 16.8 Å². The van der Waals surface area contributed by atoms with Crippen molar-refractivity contribution in [1.82, 2.24) is 9.78 Å². The van der Waals surface area contributed by atoms with Crippen LogP contribution in [0.4, 0.5) is 0 Å². The van der Waals surface area contributed by atoms with Gasteiger partial charge in [0.15, 0.2) is 0 Å². The second kappa shape index (κ2) is 4.09. The van der Waals surface area contributed by atoms with Gasteiger partial charge in [-0.15, -0.1) is 0 Å². The van der Waals surface area contributed by atoms with Crippen molar-refractivity contribution in [3.63, 3.8) is 0 Å². The molecule has 1 aromatic heterocycles. The molecule has 0 saturated carbocycles. The maximum absolute atomic E-state index is 10.6. The van der Waals surface area contributed by atoms with Gasteiger partial charge in [-0.3, -0.25) is 4.68 Å². The summed E-state index contributed by atoms with van der Waals surface area (Å²) in [6.07, 6.45) is 0.567. The minimum Gasteiger partial charge on any atom is -0.389 e. The minimum absolute atomic E-state index is 0.175. The number of nitrogens with zero attached hydrogens (tertiary/aromatic N) is 2. The highest BCUT2D eigenvalue weighted by Crippen LogP contribution is 2.34. The molecule has 0 radical (unpaired) electrons. The van der Waals surface area contributed by atoms with E-state index in [0.717, 1.165) is 16.6 Å². The molecule has 1 aromatic carbocycles. The van der Waals surface area contributed by atoms with Crippen LogP contribution in [0.5, 0.6) is 0 Å². The summed E-state index contributed by atoms with van der Waals surface area (Å²) in [6.45, 7) is 8.05. The van der Waals surface area contributed by atoms with Gasteiger partial charge in [-0.1, -0.05) is 39.0 Å².